The summed E-state index contributed by atoms with van der Waals surface area (Å²) in [5, 5.41) is 6.75. The molecule has 2 heterocycles. The Morgan fingerprint density at radius 2 is 2.58 bits per heavy atom. The third-order valence-electron chi connectivity index (χ3n) is 1.88. The minimum atomic E-state index is 0.384. The van der Waals surface area contributed by atoms with E-state index in [0.717, 1.165) is 19.8 Å². The summed E-state index contributed by atoms with van der Waals surface area (Å²) in [5.41, 5.74) is 0.384. The number of rotatable bonds is 3. The topological polar surface area (TPSA) is 56.5 Å². The summed E-state index contributed by atoms with van der Waals surface area (Å²) < 4.78 is 6.74. The van der Waals surface area contributed by atoms with E-state index in [9.17, 15) is 4.91 Å². The lowest BCUT2D eigenvalue weighted by Crippen LogP contribution is -2.31. The van der Waals surface area contributed by atoms with Gasteiger partial charge < -0.3 is 4.74 Å². The van der Waals surface area contributed by atoms with Crippen molar-refractivity contribution in [3.8, 4) is 0 Å². The molecule has 2 rings (SSSR count). The van der Waals surface area contributed by atoms with E-state index in [1.165, 1.54) is 6.20 Å². The minimum absolute atomic E-state index is 0.384. The predicted octanol–water partition coefficient (Wildman–Crippen LogP) is 0.927. The smallest absolute Gasteiger partial charge is 0.145 e. The standard InChI is InChI=1S/C7H9N3O2/c11-9-7-1-8-10(3-7)2-6-4-12-5-6/h1,3,6H,2,4-5H2. The summed E-state index contributed by atoms with van der Waals surface area (Å²) in [6, 6.07) is 0. The molecule has 0 atom stereocenters. The Hall–Kier alpha value is -1.23. The predicted molar refractivity (Wildman–Crippen MR) is 42.0 cm³/mol. The summed E-state index contributed by atoms with van der Waals surface area (Å²) in [4.78, 5) is 10.1. The van der Waals surface area contributed by atoms with Crippen LogP contribution in [0.5, 0.6) is 0 Å². The van der Waals surface area contributed by atoms with Gasteiger partial charge in [0, 0.05) is 12.5 Å². The fourth-order valence-corrected chi connectivity index (χ4v) is 1.15. The largest absolute Gasteiger partial charge is 0.381 e. The van der Waals surface area contributed by atoms with Gasteiger partial charge in [0.05, 0.1) is 25.6 Å². The Labute approximate surface area is 69.3 Å². The average molecular weight is 167 g/mol. The third kappa shape index (κ3) is 1.35. The monoisotopic (exact) mass is 167 g/mol. The molecule has 1 aliphatic rings. The fourth-order valence-electron chi connectivity index (χ4n) is 1.15. The number of nitroso groups, excluding NO2 is 1. The lowest BCUT2D eigenvalue weighted by molar-refractivity contribution is -0.0408. The zero-order valence-electron chi connectivity index (χ0n) is 6.51. The Bertz CT molecular complexity index is 280. The van der Waals surface area contributed by atoms with Crippen molar-refractivity contribution in [2.24, 2.45) is 11.1 Å². The normalized spacial score (nSPS) is 17.3. The van der Waals surface area contributed by atoms with Crippen LogP contribution >= 0.6 is 0 Å². The highest BCUT2D eigenvalue weighted by Crippen LogP contribution is 2.14. The van der Waals surface area contributed by atoms with Gasteiger partial charge in [0.1, 0.15) is 5.69 Å². The quantitative estimate of drug-likeness (QED) is 0.629. The van der Waals surface area contributed by atoms with Crippen LogP contribution in [0.25, 0.3) is 0 Å². The van der Waals surface area contributed by atoms with Crippen LogP contribution in [0.4, 0.5) is 5.69 Å². The zero-order chi connectivity index (χ0) is 8.39. The summed E-state index contributed by atoms with van der Waals surface area (Å²) in [7, 11) is 0. The van der Waals surface area contributed by atoms with Gasteiger partial charge >= 0.3 is 0 Å². The average Bonchev–Trinajstić information content (AvgIpc) is 2.44. The molecule has 1 aliphatic heterocycles. The second-order valence-corrected chi connectivity index (χ2v) is 2.92. The maximum absolute atomic E-state index is 10.1. The first-order chi connectivity index (χ1) is 5.88. The SMILES string of the molecule is O=Nc1cnn(CC2COC2)c1. The number of aromatic nitrogens is 2. The molecule has 0 amide bonds. The van der Waals surface area contributed by atoms with Gasteiger partial charge in [-0.1, -0.05) is 0 Å². The van der Waals surface area contributed by atoms with Gasteiger partial charge in [0.15, 0.2) is 0 Å². The molecule has 1 saturated heterocycles. The van der Waals surface area contributed by atoms with Gasteiger partial charge in [-0.2, -0.15) is 5.10 Å². The summed E-state index contributed by atoms with van der Waals surface area (Å²) >= 11 is 0. The maximum Gasteiger partial charge on any atom is 0.145 e. The highest BCUT2D eigenvalue weighted by atomic mass is 16.5. The van der Waals surface area contributed by atoms with E-state index in [0.29, 0.717) is 11.6 Å². The van der Waals surface area contributed by atoms with E-state index in [1.54, 1.807) is 10.9 Å². The van der Waals surface area contributed by atoms with E-state index in [2.05, 4.69) is 10.3 Å². The van der Waals surface area contributed by atoms with Crippen LogP contribution in [0, 0.1) is 10.8 Å². The molecule has 1 aromatic rings. The first-order valence-electron chi connectivity index (χ1n) is 3.82. The maximum atomic E-state index is 10.1. The van der Waals surface area contributed by atoms with Crippen LogP contribution in [0.2, 0.25) is 0 Å². The Morgan fingerprint density at radius 3 is 3.08 bits per heavy atom. The van der Waals surface area contributed by atoms with Gasteiger partial charge in [-0.3, -0.25) is 4.68 Å². The third-order valence-corrected chi connectivity index (χ3v) is 1.88. The number of nitrogens with zero attached hydrogens (tertiary/aromatic N) is 3. The number of hydrogen-bond donors (Lipinski definition) is 0. The van der Waals surface area contributed by atoms with Crippen LogP contribution in [0.1, 0.15) is 0 Å². The van der Waals surface area contributed by atoms with E-state index >= 15 is 0 Å². The lowest BCUT2D eigenvalue weighted by atomic mass is 10.1. The van der Waals surface area contributed by atoms with Crippen LogP contribution in [0.3, 0.4) is 0 Å². The van der Waals surface area contributed by atoms with Crippen molar-refractivity contribution in [3.63, 3.8) is 0 Å². The van der Waals surface area contributed by atoms with Crippen molar-refractivity contribution >= 4 is 5.69 Å². The molecule has 0 saturated carbocycles. The molecule has 1 fully saturated rings. The molecule has 0 aromatic carbocycles. The van der Waals surface area contributed by atoms with Gasteiger partial charge in [-0.05, 0) is 5.18 Å². The van der Waals surface area contributed by atoms with Crippen LogP contribution < -0.4 is 0 Å². The Balaban J connectivity index is 1.97. The van der Waals surface area contributed by atoms with Gasteiger partial charge in [-0.25, -0.2) is 0 Å². The molecule has 0 N–H and O–H groups in total. The molecular weight excluding hydrogens is 158 g/mol. The van der Waals surface area contributed by atoms with E-state index in [-0.39, 0.29) is 0 Å². The van der Waals surface area contributed by atoms with E-state index in [1.807, 2.05) is 0 Å². The molecule has 0 spiro atoms. The summed E-state index contributed by atoms with van der Waals surface area (Å²) in [6.07, 6.45) is 3.11. The van der Waals surface area contributed by atoms with Crippen LogP contribution in [-0.2, 0) is 11.3 Å². The fraction of sp³-hybridized carbons (Fsp3) is 0.571. The molecule has 0 bridgehead atoms. The molecule has 1 aromatic heterocycles. The van der Waals surface area contributed by atoms with Crippen molar-refractivity contribution in [1.29, 1.82) is 0 Å². The van der Waals surface area contributed by atoms with Crippen LogP contribution in [0.15, 0.2) is 17.6 Å². The van der Waals surface area contributed by atoms with E-state index < -0.39 is 0 Å². The van der Waals surface area contributed by atoms with Crippen molar-refractivity contribution in [2.45, 2.75) is 6.54 Å². The van der Waals surface area contributed by atoms with Gasteiger partial charge in [0.2, 0.25) is 0 Å². The molecule has 0 radical (unpaired) electrons. The molecule has 0 unspecified atom stereocenters. The molecule has 5 nitrogen and oxygen atoms in total. The molecule has 0 aliphatic carbocycles. The molecular formula is C7H9N3O2. The first-order valence-corrected chi connectivity index (χ1v) is 3.82. The first kappa shape index (κ1) is 7.42. The lowest BCUT2D eigenvalue weighted by Gasteiger charge is -2.25. The Kier molecular flexibility index (Phi) is 1.87. The number of ether oxygens (including phenoxy) is 1. The van der Waals surface area contributed by atoms with Crippen molar-refractivity contribution in [3.05, 3.63) is 17.3 Å². The Morgan fingerprint density at radius 1 is 1.75 bits per heavy atom. The van der Waals surface area contributed by atoms with E-state index in [4.69, 9.17) is 4.74 Å². The molecule has 64 valence electrons. The van der Waals surface area contributed by atoms with Crippen LogP contribution in [-0.4, -0.2) is 23.0 Å². The highest BCUT2D eigenvalue weighted by molar-refractivity contribution is 5.29. The molecule has 12 heavy (non-hydrogen) atoms. The zero-order valence-corrected chi connectivity index (χ0v) is 6.51. The van der Waals surface area contributed by atoms with Crippen molar-refractivity contribution < 1.29 is 4.74 Å². The second kappa shape index (κ2) is 3.02. The number of hydrogen-bond acceptors (Lipinski definition) is 4. The van der Waals surface area contributed by atoms with Crippen molar-refractivity contribution in [2.75, 3.05) is 13.2 Å². The summed E-state index contributed by atoms with van der Waals surface area (Å²) in [5.74, 6) is 0.546. The van der Waals surface area contributed by atoms with Gasteiger partial charge in [0.25, 0.3) is 0 Å². The van der Waals surface area contributed by atoms with Gasteiger partial charge in [-0.15, -0.1) is 4.91 Å². The van der Waals surface area contributed by atoms with Crippen molar-refractivity contribution in [1.82, 2.24) is 9.78 Å². The minimum Gasteiger partial charge on any atom is -0.381 e. The second-order valence-electron chi connectivity index (χ2n) is 2.92. The summed E-state index contributed by atoms with van der Waals surface area (Å²) in [6.45, 7) is 2.41. The molecule has 5 heteroatoms. The highest BCUT2D eigenvalue weighted by Gasteiger charge is 2.18.